The third-order valence-electron chi connectivity index (χ3n) is 2.92. The van der Waals surface area contributed by atoms with E-state index in [0.29, 0.717) is 0 Å². The zero-order valence-electron chi connectivity index (χ0n) is 11.9. The van der Waals surface area contributed by atoms with Crippen molar-refractivity contribution in [1.82, 2.24) is 0 Å². The molecule has 21 heavy (non-hydrogen) atoms. The molecular weight excluding hydrogens is 398 g/mol. The molecule has 2 aromatic carbocycles. The summed E-state index contributed by atoms with van der Waals surface area (Å²) in [4.78, 5) is 0. The lowest BCUT2D eigenvalue weighted by molar-refractivity contribution is 0.409. The molecule has 0 amide bonds. The first-order valence-corrected chi connectivity index (χ1v) is 8.13. The summed E-state index contributed by atoms with van der Waals surface area (Å²) in [5.74, 6) is 2.25. The van der Waals surface area contributed by atoms with Crippen LogP contribution in [-0.2, 0) is 6.42 Å². The maximum atomic E-state index is 5.89. The Kier molecular flexibility index (Phi) is 5.67. The van der Waals surface area contributed by atoms with Crippen molar-refractivity contribution in [3.63, 3.8) is 0 Å². The molecule has 0 saturated heterocycles. The van der Waals surface area contributed by atoms with Crippen LogP contribution in [0.3, 0.4) is 0 Å². The molecule has 2 rings (SSSR count). The van der Waals surface area contributed by atoms with Crippen molar-refractivity contribution in [3.8, 4) is 17.2 Å². The zero-order valence-corrected chi connectivity index (χ0v) is 15.1. The van der Waals surface area contributed by atoms with Gasteiger partial charge in [-0.25, -0.2) is 0 Å². The summed E-state index contributed by atoms with van der Waals surface area (Å²) in [6.07, 6.45) is 0.859. The van der Waals surface area contributed by atoms with E-state index >= 15 is 0 Å². The highest BCUT2D eigenvalue weighted by atomic mass is 79.9. The van der Waals surface area contributed by atoms with Gasteiger partial charge in [-0.1, -0.05) is 12.1 Å². The average molecular weight is 415 g/mol. The minimum Gasteiger partial charge on any atom is -0.496 e. The molecule has 2 N–H and O–H groups in total. The Balaban J connectivity index is 2.16. The van der Waals surface area contributed by atoms with Crippen molar-refractivity contribution in [3.05, 3.63) is 50.9 Å². The zero-order chi connectivity index (χ0) is 15.4. The molecule has 3 nitrogen and oxygen atoms in total. The molecule has 0 spiro atoms. The van der Waals surface area contributed by atoms with Gasteiger partial charge >= 0.3 is 0 Å². The van der Waals surface area contributed by atoms with E-state index in [2.05, 4.69) is 31.9 Å². The lowest BCUT2D eigenvalue weighted by Gasteiger charge is -2.12. The molecule has 0 bridgehead atoms. The van der Waals surface area contributed by atoms with Crippen molar-refractivity contribution in [2.45, 2.75) is 19.4 Å². The monoisotopic (exact) mass is 413 g/mol. The number of rotatable bonds is 5. The van der Waals surface area contributed by atoms with Crippen molar-refractivity contribution in [1.29, 1.82) is 0 Å². The molecule has 1 unspecified atom stereocenters. The van der Waals surface area contributed by atoms with E-state index in [1.165, 1.54) is 5.56 Å². The van der Waals surface area contributed by atoms with E-state index in [-0.39, 0.29) is 6.04 Å². The van der Waals surface area contributed by atoms with Crippen molar-refractivity contribution in [2.75, 3.05) is 7.11 Å². The second kappa shape index (κ2) is 7.29. The molecule has 0 heterocycles. The van der Waals surface area contributed by atoms with Crippen LogP contribution in [0.1, 0.15) is 12.5 Å². The van der Waals surface area contributed by atoms with Crippen LogP contribution in [-0.4, -0.2) is 13.2 Å². The lowest BCUT2D eigenvalue weighted by Crippen LogP contribution is -2.17. The van der Waals surface area contributed by atoms with Crippen LogP contribution in [0.15, 0.2) is 45.3 Å². The molecule has 5 heteroatoms. The maximum Gasteiger partial charge on any atom is 0.143 e. The van der Waals surface area contributed by atoms with Crippen molar-refractivity contribution in [2.24, 2.45) is 5.73 Å². The highest BCUT2D eigenvalue weighted by Crippen LogP contribution is 2.38. The van der Waals surface area contributed by atoms with Gasteiger partial charge in [0.25, 0.3) is 0 Å². The van der Waals surface area contributed by atoms with E-state index in [4.69, 9.17) is 15.2 Å². The Morgan fingerprint density at radius 1 is 1.05 bits per heavy atom. The van der Waals surface area contributed by atoms with Crippen LogP contribution in [0.5, 0.6) is 17.2 Å². The Morgan fingerprint density at radius 3 is 2.19 bits per heavy atom. The topological polar surface area (TPSA) is 44.5 Å². The van der Waals surface area contributed by atoms with Crippen LogP contribution < -0.4 is 15.2 Å². The summed E-state index contributed by atoms with van der Waals surface area (Å²) in [5, 5.41) is 0. The molecule has 1 atom stereocenters. The fourth-order valence-electron chi connectivity index (χ4n) is 1.94. The third kappa shape index (κ3) is 4.46. The molecule has 112 valence electrons. The van der Waals surface area contributed by atoms with Gasteiger partial charge in [0.2, 0.25) is 0 Å². The number of ether oxygens (including phenoxy) is 2. The minimum absolute atomic E-state index is 0.156. The van der Waals surface area contributed by atoms with Gasteiger partial charge in [0.15, 0.2) is 0 Å². The van der Waals surface area contributed by atoms with Crippen LogP contribution in [0.2, 0.25) is 0 Å². The molecule has 0 fully saturated rings. The van der Waals surface area contributed by atoms with Crippen molar-refractivity contribution < 1.29 is 9.47 Å². The second-order valence-corrected chi connectivity index (χ2v) is 6.55. The number of hydrogen-bond acceptors (Lipinski definition) is 3. The molecule has 0 radical (unpaired) electrons. The van der Waals surface area contributed by atoms with Crippen LogP contribution in [0.25, 0.3) is 0 Å². The summed E-state index contributed by atoms with van der Waals surface area (Å²) in [7, 11) is 1.63. The van der Waals surface area contributed by atoms with Gasteiger partial charge in [-0.15, -0.1) is 0 Å². The first kappa shape index (κ1) is 16.3. The normalized spacial score (nSPS) is 12.0. The minimum atomic E-state index is 0.156. The van der Waals surface area contributed by atoms with Crippen LogP contribution in [0.4, 0.5) is 0 Å². The van der Waals surface area contributed by atoms with Gasteiger partial charge in [0.05, 0.1) is 16.1 Å². The van der Waals surface area contributed by atoms with Crippen LogP contribution >= 0.6 is 31.9 Å². The van der Waals surface area contributed by atoms with Gasteiger partial charge in [0.1, 0.15) is 17.2 Å². The summed E-state index contributed by atoms with van der Waals surface area (Å²) < 4.78 is 12.8. The largest absolute Gasteiger partial charge is 0.496 e. The molecule has 0 aliphatic carbocycles. The van der Waals surface area contributed by atoms with Gasteiger partial charge in [0, 0.05) is 6.04 Å². The Bertz CT molecular complexity index is 612. The lowest BCUT2D eigenvalue weighted by atomic mass is 10.1. The fraction of sp³-hybridized carbons (Fsp3) is 0.250. The molecule has 0 aromatic heterocycles. The van der Waals surface area contributed by atoms with E-state index in [0.717, 1.165) is 32.6 Å². The molecule has 2 aromatic rings. The average Bonchev–Trinajstić information content (AvgIpc) is 2.44. The summed E-state index contributed by atoms with van der Waals surface area (Å²) in [6, 6.07) is 11.9. The Morgan fingerprint density at radius 2 is 1.62 bits per heavy atom. The first-order chi connectivity index (χ1) is 9.99. The first-order valence-electron chi connectivity index (χ1n) is 6.55. The molecule has 0 saturated carbocycles. The quantitative estimate of drug-likeness (QED) is 0.756. The fourth-order valence-corrected chi connectivity index (χ4v) is 2.82. The number of benzene rings is 2. The Hall–Kier alpha value is -1.04. The van der Waals surface area contributed by atoms with Crippen LogP contribution in [0, 0.1) is 0 Å². The number of methoxy groups -OCH3 is 1. The maximum absolute atomic E-state index is 5.89. The van der Waals surface area contributed by atoms with Gasteiger partial charge in [-0.3, -0.25) is 0 Å². The second-order valence-electron chi connectivity index (χ2n) is 4.84. The van der Waals surface area contributed by atoms with Gasteiger partial charge in [-0.05, 0) is 75.0 Å². The smallest absolute Gasteiger partial charge is 0.143 e. The Labute approximate surface area is 141 Å². The predicted octanol–water partition coefficient (Wildman–Crippen LogP) is 4.90. The predicted molar refractivity (Wildman–Crippen MR) is 92.3 cm³/mol. The van der Waals surface area contributed by atoms with Gasteiger partial charge in [-0.2, -0.15) is 0 Å². The molecule has 0 aliphatic rings. The number of nitrogens with two attached hydrogens (primary N) is 1. The number of halogens is 2. The molecular formula is C16H17Br2NO2. The number of hydrogen-bond donors (Lipinski definition) is 1. The third-order valence-corrected chi connectivity index (χ3v) is 4.15. The van der Waals surface area contributed by atoms with E-state index in [1.54, 1.807) is 7.11 Å². The van der Waals surface area contributed by atoms with E-state index in [1.807, 2.05) is 43.3 Å². The van der Waals surface area contributed by atoms with E-state index < -0.39 is 0 Å². The molecule has 0 aliphatic heterocycles. The summed E-state index contributed by atoms with van der Waals surface area (Å²) >= 11 is 6.94. The van der Waals surface area contributed by atoms with Gasteiger partial charge < -0.3 is 15.2 Å². The summed E-state index contributed by atoms with van der Waals surface area (Å²) in [5.41, 5.74) is 7.00. The van der Waals surface area contributed by atoms with Crippen molar-refractivity contribution >= 4 is 31.9 Å². The summed E-state index contributed by atoms with van der Waals surface area (Å²) in [6.45, 7) is 2.00. The highest BCUT2D eigenvalue weighted by molar-refractivity contribution is 9.11. The van der Waals surface area contributed by atoms with E-state index in [9.17, 15) is 0 Å². The standard InChI is InChI=1S/C16H17Br2NO2/c1-10(19)7-11-3-5-12(6-4-11)21-16-9-13(17)15(20-2)8-14(16)18/h3-6,8-10H,7,19H2,1-2H3. The SMILES string of the molecule is COc1cc(Br)c(Oc2ccc(CC(C)N)cc2)cc1Br. The highest BCUT2D eigenvalue weighted by Gasteiger charge is 2.09.